The molecule has 1 heterocycles. The number of hydrogen-bond acceptors (Lipinski definition) is 3. The zero-order valence-corrected chi connectivity index (χ0v) is 13.5. The molecule has 0 radical (unpaired) electrons. The Morgan fingerprint density at radius 2 is 1.74 bits per heavy atom. The van der Waals surface area contributed by atoms with Gasteiger partial charge in [-0.2, -0.15) is 0 Å². The van der Waals surface area contributed by atoms with E-state index in [0.29, 0.717) is 12.6 Å². The fourth-order valence-corrected chi connectivity index (χ4v) is 3.15. The van der Waals surface area contributed by atoms with Crippen LogP contribution in [0.15, 0.2) is 60.7 Å². The average Bonchev–Trinajstić information content (AvgIpc) is 3.14. The highest BCUT2D eigenvalue weighted by atomic mass is 16.5. The molecule has 3 heteroatoms. The topological polar surface area (TPSA) is 32.7 Å². The van der Waals surface area contributed by atoms with Gasteiger partial charge < -0.3 is 9.84 Å². The first-order valence-corrected chi connectivity index (χ1v) is 8.41. The summed E-state index contributed by atoms with van der Waals surface area (Å²) in [6, 6.07) is 20.9. The van der Waals surface area contributed by atoms with Gasteiger partial charge in [-0.3, -0.25) is 4.90 Å². The van der Waals surface area contributed by atoms with Crippen LogP contribution in [-0.4, -0.2) is 42.4 Å². The van der Waals surface area contributed by atoms with E-state index >= 15 is 0 Å². The van der Waals surface area contributed by atoms with E-state index < -0.39 is 6.10 Å². The largest absolute Gasteiger partial charge is 0.387 e. The van der Waals surface area contributed by atoms with Crippen molar-refractivity contribution in [1.29, 1.82) is 0 Å². The fraction of sp³-hybridized carbons (Fsp3) is 0.400. The fourth-order valence-electron chi connectivity index (χ4n) is 3.15. The lowest BCUT2D eigenvalue weighted by Gasteiger charge is -2.30. The van der Waals surface area contributed by atoms with Gasteiger partial charge in [0.15, 0.2) is 0 Å². The molecule has 2 aromatic carbocycles. The molecule has 2 unspecified atom stereocenters. The van der Waals surface area contributed by atoms with E-state index in [2.05, 4.69) is 29.2 Å². The number of rotatable bonds is 7. The van der Waals surface area contributed by atoms with Crippen LogP contribution >= 0.6 is 0 Å². The van der Waals surface area contributed by atoms with Gasteiger partial charge in [0.05, 0.1) is 12.7 Å². The number of aliphatic hydroxyl groups excluding tert-OH is 1. The van der Waals surface area contributed by atoms with Gasteiger partial charge in [-0.05, 0) is 24.0 Å². The van der Waals surface area contributed by atoms with E-state index in [1.165, 1.54) is 5.56 Å². The molecule has 1 saturated heterocycles. The highest BCUT2D eigenvalue weighted by Gasteiger charge is 2.25. The molecule has 2 aromatic rings. The molecule has 1 aliphatic rings. The van der Waals surface area contributed by atoms with Crippen LogP contribution in [0.4, 0.5) is 0 Å². The Morgan fingerprint density at radius 1 is 1.04 bits per heavy atom. The molecule has 0 aliphatic carbocycles. The number of ether oxygens (including phenoxy) is 1. The monoisotopic (exact) mass is 311 g/mol. The van der Waals surface area contributed by atoms with Crippen molar-refractivity contribution in [1.82, 2.24) is 4.90 Å². The summed E-state index contributed by atoms with van der Waals surface area (Å²) in [5.41, 5.74) is 2.32. The summed E-state index contributed by atoms with van der Waals surface area (Å²) in [4.78, 5) is 2.39. The lowest BCUT2D eigenvalue weighted by Crippen LogP contribution is -2.40. The quantitative estimate of drug-likeness (QED) is 0.853. The standard InChI is InChI=1S/C20H25NO2/c22-20(18-9-5-2-6-10-18)15-21(19-12-14-23-16-19)13-11-17-7-3-1-4-8-17/h1-10,19-20,22H,11-16H2. The molecule has 1 aliphatic heterocycles. The first kappa shape index (κ1) is 16.2. The van der Waals surface area contributed by atoms with E-state index in [4.69, 9.17) is 4.74 Å². The summed E-state index contributed by atoms with van der Waals surface area (Å²) < 4.78 is 5.55. The lowest BCUT2D eigenvalue weighted by molar-refractivity contribution is 0.0788. The second-order valence-electron chi connectivity index (χ2n) is 6.17. The minimum atomic E-state index is -0.451. The van der Waals surface area contributed by atoms with Gasteiger partial charge in [-0.1, -0.05) is 60.7 Å². The highest BCUT2D eigenvalue weighted by Crippen LogP contribution is 2.19. The summed E-state index contributed by atoms with van der Waals surface area (Å²) in [7, 11) is 0. The van der Waals surface area contributed by atoms with Crippen molar-refractivity contribution >= 4 is 0 Å². The Balaban J connectivity index is 1.63. The summed E-state index contributed by atoms with van der Waals surface area (Å²) >= 11 is 0. The number of hydrogen-bond donors (Lipinski definition) is 1. The van der Waals surface area contributed by atoms with Crippen LogP contribution < -0.4 is 0 Å². The van der Waals surface area contributed by atoms with Crippen molar-refractivity contribution < 1.29 is 9.84 Å². The normalized spacial score (nSPS) is 19.1. The van der Waals surface area contributed by atoms with Crippen molar-refractivity contribution in [3.63, 3.8) is 0 Å². The van der Waals surface area contributed by atoms with Gasteiger partial charge >= 0.3 is 0 Å². The second kappa shape index (κ2) is 8.25. The van der Waals surface area contributed by atoms with Crippen LogP contribution in [0.25, 0.3) is 0 Å². The molecule has 3 nitrogen and oxygen atoms in total. The zero-order chi connectivity index (χ0) is 15.9. The Kier molecular flexibility index (Phi) is 5.81. The molecule has 0 amide bonds. The lowest BCUT2D eigenvalue weighted by atomic mass is 10.1. The summed E-state index contributed by atoms with van der Waals surface area (Å²) in [5, 5.41) is 10.6. The molecular formula is C20H25NO2. The third-order valence-corrected chi connectivity index (χ3v) is 4.54. The summed E-state index contributed by atoms with van der Waals surface area (Å²) in [6.07, 6.45) is 1.60. The molecule has 2 atom stereocenters. The van der Waals surface area contributed by atoms with Crippen LogP contribution in [0.5, 0.6) is 0 Å². The van der Waals surface area contributed by atoms with E-state index in [1.807, 2.05) is 36.4 Å². The smallest absolute Gasteiger partial charge is 0.0917 e. The van der Waals surface area contributed by atoms with Crippen molar-refractivity contribution in [2.75, 3.05) is 26.3 Å². The maximum absolute atomic E-state index is 10.6. The van der Waals surface area contributed by atoms with Gasteiger partial charge in [0, 0.05) is 25.7 Å². The Hall–Kier alpha value is -1.68. The van der Waals surface area contributed by atoms with E-state index in [9.17, 15) is 5.11 Å². The third kappa shape index (κ3) is 4.64. The molecule has 122 valence electrons. The van der Waals surface area contributed by atoms with Crippen LogP contribution in [0.3, 0.4) is 0 Å². The van der Waals surface area contributed by atoms with E-state index in [0.717, 1.165) is 38.2 Å². The van der Waals surface area contributed by atoms with Gasteiger partial charge in [0.2, 0.25) is 0 Å². The van der Waals surface area contributed by atoms with Crippen LogP contribution in [0, 0.1) is 0 Å². The maximum atomic E-state index is 10.6. The van der Waals surface area contributed by atoms with Crippen molar-refractivity contribution in [2.45, 2.75) is 25.0 Å². The van der Waals surface area contributed by atoms with Crippen molar-refractivity contribution in [2.24, 2.45) is 0 Å². The molecule has 23 heavy (non-hydrogen) atoms. The van der Waals surface area contributed by atoms with Crippen LogP contribution in [0.2, 0.25) is 0 Å². The molecule has 0 saturated carbocycles. The Labute approximate surface area is 138 Å². The van der Waals surface area contributed by atoms with Gasteiger partial charge in [0.1, 0.15) is 0 Å². The minimum Gasteiger partial charge on any atom is -0.387 e. The molecule has 1 N–H and O–H groups in total. The molecule has 0 aromatic heterocycles. The summed E-state index contributed by atoms with van der Waals surface area (Å²) in [5.74, 6) is 0. The molecule has 1 fully saturated rings. The Bertz CT molecular complexity index is 567. The first-order chi connectivity index (χ1) is 11.3. The van der Waals surface area contributed by atoms with Crippen LogP contribution in [-0.2, 0) is 11.2 Å². The number of nitrogens with zero attached hydrogens (tertiary/aromatic N) is 1. The maximum Gasteiger partial charge on any atom is 0.0917 e. The number of benzene rings is 2. The molecule has 3 rings (SSSR count). The minimum absolute atomic E-state index is 0.414. The highest BCUT2D eigenvalue weighted by molar-refractivity contribution is 5.18. The van der Waals surface area contributed by atoms with E-state index in [-0.39, 0.29) is 0 Å². The predicted octanol–water partition coefficient (Wildman–Crippen LogP) is 3.05. The second-order valence-corrected chi connectivity index (χ2v) is 6.17. The van der Waals surface area contributed by atoms with E-state index in [1.54, 1.807) is 0 Å². The third-order valence-electron chi connectivity index (χ3n) is 4.54. The predicted molar refractivity (Wildman–Crippen MR) is 92.3 cm³/mol. The molecule has 0 spiro atoms. The van der Waals surface area contributed by atoms with Gasteiger partial charge in [0.25, 0.3) is 0 Å². The SMILES string of the molecule is OC(CN(CCc1ccccc1)C1CCOC1)c1ccccc1. The van der Waals surface area contributed by atoms with Crippen LogP contribution in [0.1, 0.15) is 23.7 Å². The summed E-state index contributed by atoms with van der Waals surface area (Å²) in [6.45, 7) is 3.21. The average molecular weight is 311 g/mol. The van der Waals surface area contributed by atoms with Gasteiger partial charge in [-0.25, -0.2) is 0 Å². The molecular weight excluding hydrogens is 286 g/mol. The van der Waals surface area contributed by atoms with Crippen molar-refractivity contribution in [3.8, 4) is 0 Å². The molecule has 0 bridgehead atoms. The Morgan fingerprint density at radius 3 is 2.39 bits per heavy atom. The number of aliphatic hydroxyl groups is 1. The first-order valence-electron chi connectivity index (χ1n) is 8.41. The van der Waals surface area contributed by atoms with Gasteiger partial charge in [-0.15, -0.1) is 0 Å². The van der Waals surface area contributed by atoms with Crippen molar-refractivity contribution in [3.05, 3.63) is 71.8 Å². The zero-order valence-electron chi connectivity index (χ0n) is 13.5.